The third-order valence-electron chi connectivity index (χ3n) is 3.78. The van der Waals surface area contributed by atoms with E-state index in [0.717, 1.165) is 12.0 Å². The van der Waals surface area contributed by atoms with E-state index < -0.39 is 10.8 Å². The van der Waals surface area contributed by atoms with Crippen molar-refractivity contribution in [3.8, 4) is 0 Å². The molecule has 1 atom stereocenters. The maximum absolute atomic E-state index is 12.4. The van der Waals surface area contributed by atoms with Crippen LogP contribution in [0.4, 0.5) is 0 Å². The molecule has 26 heavy (non-hydrogen) atoms. The highest BCUT2D eigenvalue weighted by molar-refractivity contribution is 7.84. The summed E-state index contributed by atoms with van der Waals surface area (Å²) >= 11 is 6.06. The highest BCUT2D eigenvalue weighted by Crippen LogP contribution is 2.22. The highest BCUT2D eigenvalue weighted by Gasteiger charge is 2.14. The first-order chi connectivity index (χ1) is 12.6. The number of furan rings is 1. The molecule has 0 aliphatic heterocycles. The second-order valence-corrected chi connectivity index (χ2v) is 7.50. The number of hydrogen-bond donors (Lipinski definition) is 1. The van der Waals surface area contributed by atoms with E-state index in [1.165, 1.54) is 0 Å². The molecular weight excluding hydrogens is 370 g/mol. The van der Waals surface area contributed by atoms with Crippen LogP contribution >= 0.6 is 11.6 Å². The Morgan fingerprint density at radius 2 is 1.73 bits per heavy atom. The molecule has 0 saturated heterocycles. The first-order valence-electron chi connectivity index (χ1n) is 8.17. The third-order valence-corrected chi connectivity index (χ3v) is 5.62. The number of halogens is 1. The average molecular weight is 388 g/mol. The molecule has 0 aliphatic carbocycles. The minimum absolute atomic E-state index is 0.168. The Labute approximate surface area is 159 Å². The maximum Gasteiger partial charge on any atom is 0.287 e. The van der Waals surface area contributed by atoms with Gasteiger partial charge in [-0.3, -0.25) is 9.00 Å². The molecule has 0 aliphatic rings. The number of benzene rings is 2. The Balaban J connectivity index is 1.54. The molecule has 1 aromatic heterocycles. The largest absolute Gasteiger partial charge is 0.455 e. The van der Waals surface area contributed by atoms with Crippen molar-refractivity contribution in [2.24, 2.45) is 0 Å². The molecule has 1 heterocycles. The van der Waals surface area contributed by atoms with Gasteiger partial charge in [0.05, 0.1) is 26.5 Å². The van der Waals surface area contributed by atoms with Crippen molar-refractivity contribution in [1.82, 2.24) is 5.32 Å². The van der Waals surface area contributed by atoms with Gasteiger partial charge in [-0.25, -0.2) is 0 Å². The monoisotopic (exact) mass is 387 g/mol. The van der Waals surface area contributed by atoms with Gasteiger partial charge in [0.1, 0.15) is 5.76 Å². The fraction of sp³-hybridized carbons (Fsp3) is 0.150. The molecule has 1 amide bonds. The Morgan fingerprint density at radius 3 is 2.50 bits per heavy atom. The van der Waals surface area contributed by atoms with E-state index in [-0.39, 0.29) is 17.4 Å². The van der Waals surface area contributed by atoms with Crippen LogP contribution in [0.15, 0.2) is 76.0 Å². The highest BCUT2D eigenvalue weighted by atomic mass is 35.5. The lowest BCUT2D eigenvalue weighted by molar-refractivity contribution is 0.0925. The second kappa shape index (κ2) is 8.83. The molecule has 1 unspecified atom stereocenters. The zero-order valence-corrected chi connectivity index (χ0v) is 15.6. The first-order valence-corrected chi connectivity index (χ1v) is 9.87. The van der Waals surface area contributed by atoms with Gasteiger partial charge < -0.3 is 9.73 Å². The summed E-state index contributed by atoms with van der Waals surface area (Å²) in [6.45, 7) is 0.518. The van der Waals surface area contributed by atoms with Gasteiger partial charge >= 0.3 is 0 Å². The molecule has 0 radical (unpaired) electrons. The third kappa shape index (κ3) is 4.84. The molecule has 134 valence electrons. The molecular formula is C20H18ClNO3S. The lowest BCUT2D eigenvalue weighted by Crippen LogP contribution is -2.25. The standard InChI is InChI=1S/C20H18ClNO3S/c21-17-8-4-5-9-19(17)26(24)14-16-10-11-18(25-16)20(23)22-13-12-15-6-2-1-3-7-15/h1-11H,12-14H2,(H,22,23). The topological polar surface area (TPSA) is 59.3 Å². The summed E-state index contributed by atoms with van der Waals surface area (Å²) in [5.41, 5.74) is 1.16. The van der Waals surface area contributed by atoms with Gasteiger partial charge in [-0.05, 0) is 36.2 Å². The summed E-state index contributed by atoms with van der Waals surface area (Å²) in [7, 11) is -1.33. The first kappa shape index (κ1) is 18.4. The average Bonchev–Trinajstić information content (AvgIpc) is 3.11. The van der Waals surface area contributed by atoms with Crippen LogP contribution in [0.5, 0.6) is 0 Å². The summed E-state index contributed by atoms with van der Waals surface area (Å²) in [6.07, 6.45) is 0.747. The molecule has 0 saturated carbocycles. The number of rotatable bonds is 7. The van der Waals surface area contributed by atoms with Gasteiger partial charge in [-0.1, -0.05) is 54.1 Å². The zero-order valence-electron chi connectivity index (χ0n) is 14.0. The van der Waals surface area contributed by atoms with E-state index in [1.807, 2.05) is 30.3 Å². The van der Waals surface area contributed by atoms with E-state index in [9.17, 15) is 9.00 Å². The van der Waals surface area contributed by atoms with Crippen molar-refractivity contribution in [3.05, 3.63) is 88.8 Å². The van der Waals surface area contributed by atoms with E-state index >= 15 is 0 Å². The smallest absolute Gasteiger partial charge is 0.287 e. The van der Waals surface area contributed by atoms with Gasteiger partial charge in [-0.15, -0.1) is 0 Å². The normalized spacial score (nSPS) is 11.9. The number of carbonyl (C=O) groups is 1. The predicted octanol–water partition coefficient (Wildman–Crippen LogP) is 4.21. The summed E-state index contributed by atoms with van der Waals surface area (Å²) in [4.78, 5) is 12.7. The van der Waals surface area contributed by atoms with Crippen LogP contribution < -0.4 is 5.32 Å². The molecule has 0 bridgehead atoms. The van der Waals surface area contributed by atoms with Gasteiger partial charge in [0, 0.05) is 6.54 Å². The SMILES string of the molecule is O=C(NCCc1ccccc1)c1ccc(CS(=O)c2ccccc2Cl)o1. The van der Waals surface area contributed by atoms with Crippen LogP contribution in [-0.4, -0.2) is 16.7 Å². The van der Waals surface area contributed by atoms with E-state index in [0.29, 0.717) is 22.2 Å². The molecule has 6 heteroatoms. The van der Waals surface area contributed by atoms with Crippen LogP contribution in [0.2, 0.25) is 5.02 Å². The second-order valence-electron chi connectivity index (χ2n) is 5.68. The molecule has 0 fully saturated rings. The molecule has 3 rings (SSSR count). The number of hydrogen-bond acceptors (Lipinski definition) is 3. The Hall–Kier alpha value is -2.37. The predicted molar refractivity (Wildman–Crippen MR) is 103 cm³/mol. The van der Waals surface area contributed by atoms with Crippen molar-refractivity contribution >= 4 is 28.3 Å². The summed E-state index contributed by atoms with van der Waals surface area (Å²) in [5.74, 6) is 0.581. The van der Waals surface area contributed by atoms with Gasteiger partial charge in [0.25, 0.3) is 5.91 Å². The molecule has 3 aromatic rings. The number of amides is 1. The summed E-state index contributed by atoms with van der Waals surface area (Å²) in [6, 6.07) is 20.2. The molecule has 1 N–H and O–H groups in total. The minimum atomic E-state index is -1.33. The Kier molecular flexibility index (Phi) is 6.26. The van der Waals surface area contributed by atoms with Crippen LogP contribution in [0, 0.1) is 0 Å². The Morgan fingerprint density at radius 1 is 1.00 bits per heavy atom. The van der Waals surface area contributed by atoms with Crippen molar-refractivity contribution in [2.45, 2.75) is 17.1 Å². The van der Waals surface area contributed by atoms with Crippen molar-refractivity contribution in [2.75, 3.05) is 6.54 Å². The van der Waals surface area contributed by atoms with E-state index in [2.05, 4.69) is 5.32 Å². The fourth-order valence-electron chi connectivity index (χ4n) is 2.47. The summed E-state index contributed by atoms with van der Waals surface area (Å²) in [5, 5.41) is 3.28. The molecule has 2 aromatic carbocycles. The van der Waals surface area contributed by atoms with E-state index in [1.54, 1.807) is 36.4 Å². The van der Waals surface area contributed by atoms with Crippen molar-refractivity contribution in [3.63, 3.8) is 0 Å². The summed E-state index contributed by atoms with van der Waals surface area (Å²) < 4.78 is 17.9. The zero-order chi connectivity index (χ0) is 18.4. The van der Waals surface area contributed by atoms with Crippen LogP contribution in [-0.2, 0) is 23.0 Å². The minimum Gasteiger partial charge on any atom is -0.455 e. The quantitative estimate of drug-likeness (QED) is 0.660. The molecule has 0 spiro atoms. The Bertz CT molecular complexity index is 908. The van der Waals surface area contributed by atoms with Crippen molar-refractivity contribution < 1.29 is 13.4 Å². The van der Waals surface area contributed by atoms with E-state index in [4.69, 9.17) is 16.0 Å². The van der Waals surface area contributed by atoms with Gasteiger partial charge in [-0.2, -0.15) is 0 Å². The van der Waals surface area contributed by atoms with Gasteiger partial charge in [0.2, 0.25) is 0 Å². The van der Waals surface area contributed by atoms with Crippen LogP contribution in [0.25, 0.3) is 0 Å². The molecule has 4 nitrogen and oxygen atoms in total. The lowest BCUT2D eigenvalue weighted by atomic mass is 10.1. The van der Waals surface area contributed by atoms with Gasteiger partial charge in [0.15, 0.2) is 5.76 Å². The van der Waals surface area contributed by atoms with Crippen LogP contribution in [0.3, 0.4) is 0 Å². The van der Waals surface area contributed by atoms with Crippen molar-refractivity contribution in [1.29, 1.82) is 0 Å². The number of carbonyl (C=O) groups excluding carboxylic acids is 1. The fourth-order valence-corrected chi connectivity index (χ4v) is 3.94. The lowest BCUT2D eigenvalue weighted by Gasteiger charge is -2.04. The maximum atomic E-state index is 12.4. The van der Waals surface area contributed by atoms with Crippen LogP contribution in [0.1, 0.15) is 21.9 Å². The number of nitrogens with one attached hydrogen (secondary N) is 1.